The number of benzene rings is 1. The quantitative estimate of drug-likeness (QED) is 0.673. The van der Waals surface area contributed by atoms with Crippen molar-refractivity contribution in [3.05, 3.63) is 24.3 Å². The number of rotatable bonds is 5. The summed E-state index contributed by atoms with van der Waals surface area (Å²) in [5.41, 5.74) is 5.59. The molecule has 0 saturated carbocycles. The summed E-state index contributed by atoms with van der Waals surface area (Å²) in [7, 11) is 0. The van der Waals surface area contributed by atoms with Crippen LogP contribution in [0, 0.1) is 0 Å². The van der Waals surface area contributed by atoms with Crippen LogP contribution >= 0.6 is 0 Å². The molecule has 20 heavy (non-hydrogen) atoms. The van der Waals surface area contributed by atoms with E-state index in [4.69, 9.17) is 15.2 Å². The molecule has 1 aliphatic heterocycles. The van der Waals surface area contributed by atoms with E-state index < -0.39 is 5.91 Å². The highest BCUT2D eigenvalue weighted by molar-refractivity contribution is 5.95. The Balaban J connectivity index is 1.93. The van der Waals surface area contributed by atoms with Crippen molar-refractivity contribution in [2.45, 2.75) is 6.04 Å². The van der Waals surface area contributed by atoms with Gasteiger partial charge in [0.1, 0.15) is 11.8 Å². The zero-order chi connectivity index (χ0) is 14.4. The van der Waals surface area contributed by atoms with Crippen LogP contribution in [0.4, 0.5) is 5.69 Å². The Morgan fingerprint density at radius 3 is 3.05 bits per heavy atom. The van der Waals surface area contributed by atoms with E-state index in [1.165, 1.54) is 0 Å². The molecule has 2 rings (SSSR count). The first kappa shape index (κ1) is 14.3. The van der Waals surface area contributed by atoms with Crippen molar-refractivity contribution in [3.63, 3.8) is 0 Å². The SMILES string of the molecule is NC(=O)COc1cccc(NC(=O)C2COCCN2)c1. The molecule has 4 N–H and O–H groups in total. The fourth-order valence-corrected chi connectivity index (χ4v) is 1.78. The average molecular weight is 279 g/mol. The number of ether oxygens (including phenoxy) is 2. The highest BCUT2D eigenvalue weighted by Gasteiger charge is 2.21. The van der Waals surface area contributed by atoms with Gasteiger partial charge < -0.3 is 25.8 Å². The third-order valence-corrected chi connectivity index (χ3v) is 2.72. The van der Waals surface area contributed by atoms with Crippen LogP contribution in [0.2, 0.25) is 0 Å². The molecule has 1 fully saturated rings. The topological polar surface area (TPSA) is 103 Å². The van der Waals surface area contributed by atoms with Crippen molar-refractivity contribution < 1.29 is 19.1 Å². The molecule has 108 valence electrons. The molecular formula is C13H17N3O4. The lowest BCUT2D eigenvalue weighted by molar-refractivity contribution is -0.121. The summed E-state index contributed by atoms with van der Waals surface area (Å²) < 4.78 is 10.4. The second-order valence-electron chi connectivity index (χ2n) is 4.35. The van der Waals surface area contributed by atoms with Crippen molar-refractivity contribution in [1.82, 2.24) is 5.32 Å². The second-order valence-corrected chi connectivity index (χ2v) is 4.35. The zero-order valence-corrected chi connectivity index (χ0v) is 10.9. The van der Waals surface area contributed by atoms with E-state index in [-0.39, 0.29) is 18.6 Å². The number of nitrogens with two attached hydrogens (primary N) is 1. The summed E-state index contributed by atoms with van der Waals surface area (Å²) in [6.45, 7) is 1.42. The van der Waals surface area contributed by atoms with Gasteiger partial charge in [-0.3, -0.25) is 9.59 Å². The Bertz CT molecular complexity index is 486. The summed E-state index contributed by atoms with van der Waals surface area (Å²) in [6, 6.07) is 6.40. The fourth-order valence-electron chi connectivity index (χ4n) is 1.78. The van der Waals surface area contributed by atoms with Crippen molar-refractivity contribution >= 4 is 17.5 Å². The number of hydrogen-bond acceptors (Lipinski definition) is 5. The van der Waals surface area contributed by atoms with Crippen LogP contribution in [0.3, 0.4) is 0 Å². The number of carbonyl (C=O) groups excluding carboxylic acids is 2. The average Bonchev–Trinajstić information content (AvgIpc) is 2.46. The molecule has 1 aromatic rings. The van der Waals surface area contributed by atoms with Crippen molar-refractivity contribution in [1.29, 1.82) is 0 Å². The van der Waals surface area contributed by atoms with Crippen LogP contribution in [0.15, 0.2) is 24.3 Å². The van der Waals surface area contributed by atoms with Gasteiger partial charge in [-0.1, -0.05) is 6.07 Å². The normalized spacial score (nSPS) is 18.3. The largest absolute Gasteiger partial charge is 0.484 e. The van der Waals surface area contributed by atoms with E-state index >= 15 is 0 Å². The monoisotopic (exact) mass is 279 g/mol. The van der Waals surface area contributed by atoms with Crippen LogP contribution in [0.25, 0.3) is 0 Å². The molecule has 1 aromatic carbocycles. The molecule has 7 heteroatoms. The summed E-state index contributed by atoms with van der Waals surface area (Å²) >= 11 is 0. The first-order valence-electron chi connectivity index (χ1n) is 6.28. The van der Waals surface area contributed by atoms with Gasteiger partial charge in [-0.25, -0.2) is 0 Å². The maximum atomic E-state index is 12.0. The molecule has 0 radical (unpaired) electrons. The number of nitrogens with one attached hydrogen (secondary N) is 2. The molecule has 0 bridgehead atoms. The van der Waals surface area contributed by atoms with Gasteiger partial charge in [0.15, 0.2) is 6.61 Å². The molecule has 0 aromatic heterocycles. The fraction of sp³-hybridized carbons (Fsp3) is 0.385. The lowest BCUT2D eigenvalue weighted by Crippen LogP contribution is -2.48. The van der Waals surface area contributed by atoms with E-state index in [0.717, 1.165) is 0 Å². The van der Waals surface area contributed by atoms with Crippen molar-refractivity contribution in [3.8, 4) is 5.75 Å². The van der Waals surface area contributed by atoms with Gasteiger partial charge >= 0.3 is 0 Å². The maximum Gasteiger partial charge on any atom is 0.255 e. The third-order valence-electron chi connectivity index (χ3n) is 2.72. The maximum absolute atomic E-state index is 12.0. The first-order valence-corrected chi connectivity index (χ1v) is 6.28. The zero-order valence-electron chi connectivity index (χ0n) is 10.9. The number of primary amides is 1. The molecule has 1 unspecified atom stereocenters. The van der Waals surface area contributed by atoms with Crippen molar-refractivity contribution in [2.75, 3.05) is 31.7 Å². The van der Waals surface area contributed by atoms with Crippen molar-refractivity contribution in [2.24, 2.45) is 5.73 Å². The van der Waals surface area contributed by atoms with E-state index in [2.05, 4.69) is 10.6 Å². The summed E-state index contributed by atoms with van der Waals surface area (Å²) in [5.74, 6) is -0.255. The Labute approximate surface area is 116 Å². The van der Waals surface area contributed by atoms with Gasteiger partial charge in [0, 0.05) is 18.3 Å². The van der Waals surface area contributed by atoms with Crippen LogP contribution < -0.4 is 21.1 Å². The van der Waals surface area contributed by atoms with E-state index in [1.807, 2.05) is 0 Å². The lowest BCUT2D eigenvalue weighted by Gasteiger charge is -2.22. The predicted octanol–water partition coefficient (Wildman–Crippen LogP) is -0.522. The van der Waals surface area contributed by atoms with Crippen LogP contribution in [-0.4, -0.2) is 44.2 Å². The molecule has 7 nitrogen and oxygen atoms in total. The standard InChI is InChI=1S/C13H17N3O4/c14-12(17)8-20-10-3-1-2-9(6-10)16-13(18)11-7-19-5-4-15-11/h1-3,6,11,15H,4-5,7-8H2,(H2,14,17)(H,16,18). The summed E-state index contributed by atoms with van der Waals surface area (Å²) in [4.78, 5) is 22.6. The Morgan fingerprint density at radius 2 is 2.35 bits per heavy atom. The number of morpholine rings is 1. The molecule has 1 saturated heterocycles. The minimum absolute atomic E-state index is 0.170. The van der Waals surface area contributed by atoms with Crippen LogP contribution in [0.5, 0.6) is 5.75 Å². The van der Waals surface area contributed by atoms with Gasteiger partial charge in [-0.15, -0.1) is 0 Å². The minimum Gasteiger partial charge on any atom is -0.484 e. The second kappa shape index (κ2) is 6.88. The Hall–Kier alpha value is -2.12. The Morgan fingerprint density at radius 1 is 1.50 bits per heavy atom. The summed E-state index contributed by atoms with van der Waals surface area (Å²) in [5, 5.41) is 5.83. The number of carbonyl (C=O) groups is 2. The molecule has 1 aliphatic rings. The minimum atomic E-state index is -0.553. The van der Waals surface area contributed by atoms with Gasteiger partial charge in [-0.05, 0) is 12.1 Å². The number of amides is 2. The molecule has 2 amide bonds. The lowest BCUT2D eigenvalue weighted by atomic mass is 10.2. The van der Waals surface area contributed by atoms with Crippen LogP contribution in [-0.2, 0) is 14.3 Å². The highest BCUT2D eigenvalue weighted by Crippen LogP contribution is 2.17. The van der Waals surface area contributed by atoms with Crippen LogP contribution in [0.1, 0.15) is 0 Å². The molecule has 0 spiro atoms. The molecule has 1 atom stereocenters. The third kappa shape index (κ3) is 4.22. The van der Waals surface area contributed by atoms with Gasteiger partial charge in [0.05, 0.1) is 13.2 Å². The molecular weight excluding hydrogens is 262 g/mol. The van der Waals surface area contributed by atoms with Gasteiger partial charge in [-0.2, -0.15) is 0 Å². The van der Waals surface area contributed by atoms with Gasteiger partial charge in [0.25, 0.3) is 5.91 Å². The Kier molecular flexibility index (Phi) is 4.91. The predicted molar refractivity (Wildman–Crippen MR) is 72.4 cm³/mol. The van der Waals surface area contributed by atoms with E-state index in [0.29, 0.717) is 31.2 Å². The molecule has 0 aliphatic carbocycles. The molecule has 1 heterocycles. The van der Waals surface area contributed by atoms with E-state index in [9.17, 15) is 9.59 Å². The number of anilines is 1. The summed E-state index contributed by atoms with van der Waals surface area (Å²) in [6.07, 6.45) is 0. The van der Waals surface area contributed by atoms with E-state index in [1.54, 1.807) is 24.3 Å². The smallest absolute Gasteiger partial charge is 0.255 e. The van der Waals surface area contributed by atoms with Gasteiger partial charge in [0.2, 0.25) is 5.91 Å². The number of hydrogen-bond donors (Lipinski definition) is 3. The highest BCUT2D eigenvalue weighted by atomic mass is 16.5. The first-order chi connectivity index (χ1) is 9.65.